The van der Waals surface area contributed by atoms with Gasteiger partial charge in [0.15, 0.2) is 0 Å². The fourth-order valence-corrected chi connectivity index (χ4v) is 3.74. The Morgan fingerprint density at radius 2 is 2.17 bits per heavy atom. The Balaban J connectivity index is 1.58. The van der Waals surface area contributed by atoms with Gasteiger partial charge in [0.25, 0.3) is 0 Å². The maximum atomic E-state index is 13.9. The van der Waals surface area contributed by atoms with Crippen LogP contribution < -0.4 is 0 Å². The van der Waals surface area contributed by atoms with Crippen molar-refractivity contribution in [1.29, 1.82) is 0 Å². The van der Waals surface area contributed by atoms with Gasteiger partial charge < -0.3 is 0 Å². The lowest BCUT2D eigenvalue weighted by Gasteiger charge is -2.27. The lowest BCUT2D eigenvalue weighted by atomic mass is 10.2. The summed E-state index contributed by atoms with van der Waals surface area (Å²) < 4.78 is 13.9. The van der Waals surface area contributed by atoms with Gasteiger partial charge >= 0.3 is 0 Å². The number of likely N-dealkylation sites (N-methyl/N-ethyl adjacent to an activating group) is 1. The maximum absolute atomic E-state index is 13.9. The molecule has 1 aliphatic rings. The third-order valence-electron chi connectivity index (χ3n) is 4.10. The van der Waals surface area contributed by atoms with Crippen LogP contribution in [0.4, 0.5) is 4.39 Å². The summed E-state index contributed by atoms with van der Waals surface area (Å²) in [6, 6.07) is 0.218. The van der Waals surface area contributed by atoms with Crippen LogP contribution in [0.5, 0.6) is 0 Å². The third kappa shape index (κ3) is 4.53. The Morgan fingerprint density at radius 3 is 2.87 bits per heavy atom. The summed E-state index contributed by atoms with van der Waals surface area (Å²) in [5, 5.41) is 3.18. The van der Waals surface area contributed by atoms with Gasteiger partial charge in [-0.15, -0.1) is 11.3 Å². The number of likely N-dealkylation sites (tertiary alicyclic amines) is 1. The number of alkyl halides is 1. The quantitative estimate of drug-likeness (QED) is 0.810. The first kappa shape index (κ1) is 16.4. The number of hydrogen-bond donors (Lipinski definition) is 0. The van der Waals surface area contributed by atoms with Gasteiger partial charge in [-0.05, 0) is 20.4 Å². The Kier molecular flexibility index (Phi) is 5.30. The lowest BCUT2D eigenvalue weighted by Crippen LogP contribution is -2.38. The molecule has 2 atom stereocenters. The molecule has 0 unspecified atom stereocenters. The van der Waals surface area contributed by atoms with Crippen LogP contribution in [-0.4, -0.2) is 57.1 Å². The first-order valence-electron chi connectivity index (χ1n) is 7.81. The fraction of sp³-hybridized carbons (Fsp3) is 0.562. The molecule has 2 aromatic heterocycles. The Morgan fingerprint density at radius 1 is 1.39 bits per heavy atom. The third-order valence-corrected chi connectivity index (χ3v) is 4.92. The molecule has 0 saturated carbocycles. The molecule has 3 heterocycles. The molecule has 1 saturated heterocycles. The Hall–Kier alpha value is -1.44. The highest BCUT2D eigenvalue weighted by molar-refractivity contribution is 7.09. The highest BCUT2D eigenvalue weighted by Gasteiger charge is 2.32. The average Bonchev–Trinajstić information content (AvgIpc) is 3.06. The summed E-state index contributed by atoms with van der Waals surface area (Å²) in [5.41, 5.74) is 2.12. The predicted octanol–water partition coefficient (Wildman–Crippen LogP) is 2.29. The summed E-state index contributed by atoms with van der Waals surface area (Å²) in [5.74, 6) is 0. The zero-order chi connectivity index (χ0) is 16.2. The second kappa shape index (κ2) is 7.42. The van der Waals surface area contributed by atoms with Crippen LogP contribution in [0, 0.1) is 6.92 Å². The molecule has 0 bridgehead atoms. The minimum Gasteiger partial charge on any atom is -0.299 e. The van der Waals surface area contributed by atoms with Crippen LogP contribution in [0.2, 0.25) is 0 Å². The van der Waals surface area contributed by atoms with Crippen LogP contribution in [0.3, 0.4) is 0 Å². The Bertz CT molecular complexity index is 620. The summed E-state index contributed by atoms with van der Waals surface area (Å²) in [6.07, 6.45) is 4.97. The van der Waals surface area contributed by atoms with E-state index >= 15 is 0 Å². The van der Waals surface area contributed by atoms with Crippen LogP contribution in [-0.2, 0) is 13.1 Å². The molecule has 2 aromatic rings. The molecule has 124 valence electrons. The predicted molar refractivity (Wildman–Crippen MR) is 88.9 cm³/mol. The summed E-state index contributed by atoms with van der Waals surface area (Å²) >= 11 is 1.67. The topological polar surface area (TPSA) is 45.2 Å². The van der Waals surface area contributed by atoms with Crippen molar-refractivity contribution < 1.29 is 4.39 Å². The van der Waals surface area contributed by atoms with Gasteiger partial charge in [0, 0.05) is 55.6 Å². The SMILES string of the molecule is Cc1nc(CN(C)C[C@@H]2C[C@H](F)CN2Cc2cncnc2)cs1. The van der Waals surface area contributed by atoms with Gasteiger partial charge in [0.2, 0.25) is 0 Å². The van der Waals surface area contributed by atoms with Crippen molar-refractivity contribution in [2.24, 2.45) is 0 Å². The molecule has 0 radical (unpaired) electrons. The maximum Gasteiger partial charge on any atom is 0.115 e. The number of thiazole rings is 1. The van der Waals surface area contributed by atoms with E-state index in [0.717, 1.165) is 29.4 Å². The molecule has 0 spiro atoms. The highest BCUT2D eigenvalue weighted by Crippen LogP contribution is 2.23. The summed E-state index contributed by atoms with van der Waals surface area (Å²) in [4.78, 5) is 17.0. The number of halogens is 1. The van der Waals surface area contributed by atoms with E-state index in [0.29, 0.717) is 19.5 Å². The highest BCUT2D eigenvalue weighted by atomic mass is 32.1. The van der Waals surface area contributed by atoms with E-state index in [4.69, 9.17) is 0 Å². The van der Waals surface area contributed by atoms with Crippen LogP contribution in [0.1, 0.15) is 22.7 Å². The van der Waals surface area contributed by atoms with Crippen molar-refractivity contribution >= 4 is 11.3 Å². The Labute approximate surface area is 140 Å². The number of rotatable bonds is 6. The second-order valence-corrected chi connectivity index (χ2v) is 7.28. The normalized spacial score (nSPS) is 22.1. The largest absolute Gasteiger partial charge is 0.299 e. The van der Waals surface area contributed by atoms with Crippen molar-refractivity contribution in [3.8, 4) is 0 Å². The average molecular weight is 335 g/mol. The fourth-order valence-electron chi connectivity index (χ4n) is 3.13. The van der Waals surface area contributed by atoms with Gasteiger partial charge in [-0.25, -0.2) is 19.3 Å². The van der Waals surface area contributed by atoms with Crippen molar-refractivity contribution in [1.82, 2.24) is 24.8 Å². The van der Waals surface area contributed by atoms with E-state index in [2.05, 4.69) is 37.2 Å². The van der Waals surface area contributed by atoms with E-state index in [9.17, 15) is 4.39 Å². The zero-order valence-electron chi connectivity index (χ0n) is 13.5. The van der Waals surface area contributed by atoms with Crippen molar-refractivity contribution in [2.45, 2.75) is 38.6 Å². The van der Waals surface area contributed by atoms with Gasteiger partial charge in [-0.3, -0.25) is 9.80 Å². The van der Waals surface area contributed by atoms with Gasteiger partial charge in [0.1, 0.15) is 12.5 Å². The first-order chi connectivity index (χ1) is 11.1. The molecule has 3 rings (SSSR count). The molecule has 0 aliphatic carbocycles. The molecule has 1 aliphatic heterocycles. The minimum absolute atomic E-state index is 0.218. The standard InChI is InChI=1S/C16H22FN5S/c1-12-20-15(10-23-12)8-21(2)9-16-3-14(17)7-22(16)6-13-4-18-11-19-5-13/h4-5,10-11,14,16H,3,6-9H2,1-2H3/t14-,16-/m0/s1. The lowest BCUT2D eigenvalue weighted by molar-refractivity contribution is 0.179. The summed E-state index contributed by atoms with van der Waals surface area (Å²) in [7, 11) is 2.07. The van der Waals surface area contributed by atoms with Crippen LogP contribution in [0.25, 0.3) is 0 Å². The molecule has 5 nitrogen and oxygen atoms in total. The van der Waals surface area contributed by atoms with Crippen molar-refractivity contribution in [2.75, 3.05) is 20.1 Å². The molecule has 0 aromatic carbocycles. The molecule has 7 heteroatoms. The molecule has 0 amide bonds. The van der Waals surface area contributed by atoms with Gasteiger partial charge in [-0.2, -0.15) is 0 Å². The van der Waals surface area contributed by atoms with E-state index in [1.165, 1.54) is 6.33 Å². The molecular formula is C16H22FN5S. The van der Waals surface area contributed by atoms with Crippen LogP contribution in [0.15, 0.2) is 24.1 Å². The van der Waals surface area contributed by atoms with Crippen molar-refractivity contribution in [3.05, 3.63) is 40.4 Å². The zero-order valence-corrected chi connectivity index (χ0v) is 14.3. The summed E-state index contributed by atoms with van der Waals surface area (Å²) in [6.45, 7) is 4.85. The number of nitrogens with zero attached hydrogens (tertiary/aromatic N) is 5. The molecule has 23 heavy (non-hydrogen) atoms. The molecular weight excluding hydrogens is 313 g/mol. The number of hydrogen-bond acceptors (Lipinski definition) is 6. The molecule has 1 fully saturated rings. The number of aromatic nitrogens is 3. The first-order valence-corrected chi connectivity index (χ1v) is 8.69. The van der Waals surface area contributed by atoms with Crippen LogP contribution >= 0.6 is 11.3 Å². The van der Waals surface area contributed by atoms with E-state index < -0.39 is 6.17 Å². The number of aryl methyl sites for hydroxylation is 1. The van der Waals surface area contributed by atoms with Gasteiger partial charge in [-0.1, -0.05) is 0 Å². The second-order valence-electron chi connectivity index (χ2n) is 6.22. The molecule has 0 N–H and O–H groups in total. The minimum atomic E-state index is -0.750. The van der Waals surface area contributed by atoms with Gasteiger partial charge in [0.05, 0.1) is 10.7 Å². The van der Waals surface area contributed by atoms with E-state index in [1.54, 1.807) is 23.7 Å². The monoisotopic (exact) mass is 335 g/mol. The smallest absolute Gasteiger partial charge is 0.115 e. The van der Waals surface area contributed by atoms with Crippen molar-refractivity contribution in [3.63, 3.8) is 0 Å². The van der Waals surface area contributed by atoms with E-state index in [1.807, 2.05) is 6.92 Å². The van der Waals surface area contributed by atoms with E-state index in [-0.39, 0.29) is 6.04 Å².